The minimum absolute atomic E-state index is 0.319. The lowest BCUT2D eigenvalue weighted by Crippen LogP contribution is -2.13. The van der Waals surface area contributed by atoms with Gasteiger partial charge in [0.15, 0.2) is 0 Å². The van der Waals surface area contributed by atoms with E-state index in [0.29, 0.717) is 12.1 Å². The molecule has 0 bridgehead atoms. The van der Waals surface area contributed by atoms with Gasteiger partial charge in [0, 0.05) is 5.57 Å². The highest BCUT2D eigenvalue weighted by Crippen LogP contribution is 2.10. The standard InChI is InChI=1S/C9H18N2O/c1-7(5-3-4-6-10)8(2)9(11)12/h3-6,10H2,1-2H3,(H2,11,12). The molecular formula is C9H18N2O. The maximum Gasteiger partial charge on any atom is 0.244 e. The summed E-state index contributed by atoms with van der Waals surface area (Å²) in [6.07, 6.45) is 2.96. The Labute approximate surface area is 73.8 Å². The van der Waals surface area contributed by atoms with E-state index < -0.39 is 0 Å². The molecule has 0 aliphatic rings. The number of nitrogens with two attached hydrogens (primary N) is 2. The van der Waals surface area contributed by atoms with Crippen LogP contribution < -0.4 is 11.5 Å². The first-order valence-electron chi connectivity index (χ1n) is 4.25. The molecule has 0 unspecified atom stereocenters. The molecule has 3 heteroatoms. The van der Waals surface area contributed by atoms with E-state index in [2.05, 4.69) is 0 Å². The second kappa shape index (κ2) is 5.77. The summed E-state index contributed by atoms with van der Waals surface area (Å²) in [6.45, 7) is 4.42. The summed E-state index contributed by atoms with van der Waals surface area (Å²) < 4.78 is 0. The number of carbonyl (C=O) groups is 1. The van der Waals surface area contributed by atoms with Gasteiger partial charge >= 0.3 is 0 Å². The lowest BCUT2D eigenvalue weighted by molar-refractivity contribution is -0.114. The molecule has 0 saturated carbocycles. The van der Waals surface area contributed by atoms with E-state index in [0.717, 1.165) is 24.8 Å². The highest BCUT2D eigenvalue weighted by atomic mass is 16.1. The van der Waals surface area contributed by atoms with Crippen molar-refractivity contribution in [1.29, 1.82) is 0 Å². The molecule has 0 aromatic rings. The number of amides is 1. The van der Waals surface area contributed by atoms with Crippen molar-refractivity contribution in [3.05, 3.63) is 11.1 Å². The molecule has 0 aliphatic carbocycles. The van der Waals surface area contributed by atoms with Gasteiger partial charge in [0.25, 0.3) is 0 Å². The van der Waals surface area contributed by atoms with Crippen molar-refractivity contribution >= 4 is 5.91 Å². The molecule has 3 nitrogen and oxygen atoms in total. The minimum Gasteiger partial charge on any atom is -0.366 e. The smallest absolute Gasteiger partial charge is 0.244 e. The summed E-state index contributed by atoms with van der Waals surface area (Å²) in [5, 5.41) is 0. The van der Waals surface area contributed by atoms with Gasteiger partial charge in [0.05, 0.1) is 0 Å². The van der Waals surface area contributed by atoms with Crippen LogP contribution in [0.1, 0.15) is 33.1 Å². The number of allylic oxidation sites excluding steroid dienone is 1. The summed E-state index contributed by atoms with van der Waals surface area (Å²) in [6, 6.07) is 0. The monoisotopic (exact) mass is 170 g/mol. The van der Waals surface area contributed by atoms with Gasteiger partial charge in [0.2, 0.25) is 5.91 Å². The summed E-state index contributed by atoms with van der Waals surface area (Å²) in [5.74, 6) is -0.319. The van der Waals surface area contributed by atoms with E-state index in [-0.39, 0.29) is 5.91 Å². The topological polar surface area (TPSA) is 69.1 Å². The third-order valence-corrected chi connectivity index (χ3v) is 2.02. The zero-order valence-electron chi connectivity index (χ0n) is 7.89. The van der Waals surface area contributed by atoms with Gasteiger partial charge in [-0.1, -0.05) is 5.57 Å². The first kappa shape index (κ1) is 11.2. The van der Waals surface area contributed by atoms with E-state index in [1.165, 1.54) is 0 Å². The summed E-state index contributed by atoms with van der Waals surface area (Å²) >= 11 is 0. The average molecular weight is 170 g/mol. The second-order valence-electron chi connectivity index (χ2n) is 3.02. The molecule has 0 fully saturated rings. The summed E-state index contributed by atoms with van der Waals surface area (Å²) in [7, 11) is 0. The van der Waals surface area contributed by atoms with Crippen molar-refractivity contribution in [1.82, 2.24) is 0 Å². The Hall–Kier alpha value is -0.830. The van der Waals surface area contributed by atoms with Crippen LogP contribution in [0.15, 0.2) is 11.1 Å². The van der Waals surface area contributed by atoms with Crippen molar-refractivity contribution in [2.45, 2.75) is 33.1 Å². The third kappa shape index (κ3) is 4.13. The predicted molar refractivity (Wildman–Crippen MR) is 50.5 cm³/mol. The van der Waals surface area contributed by atoms with E-state index in [9.17, 15) is 4.79 Å². The number of primary amides is 1. The average Bonchev–Trinajstić information content (AvgIpc) is 2.03. The molecule has 0 saturated heterocycles. The van der Waals surface area contributed by atoms with Crippen LogP contribution in [-0.4, -0.2) is 12.5 Å². The fraction of sp³-hybridized carbons (Fsp3) is 0.667. The second-order valence-corrected chi connectivity index (χ2v) is 3.02. The zero-order chi connectivity index (χ0) is 9.56. The van der Waals surface area contributed by atoms with Crippen molar-refractivity contribution < 1.29 is 4.79 Å². The Morgan fingerprint density at radius 3 is 2.25 bits per heavy atom. The highest BCUT2D eigenvalue weighted by molar-refractivity contribution is 5.91. The molecule has 1 amide bonds. The molecular weight excluding hydrogens is 152 g/mol. The number of unbranched alkanes of at least 4 members (excludes halogenated alkanes) is 1. The Bertz CT molecular complexity index is 185. The van der Waals surface area contributed by atoms with Crippen LogP contribution in [0.25, 0.3) is 0 Å². The van der Waals surface area contributed by atoms with Crippen molar-refractivity contribution in [3.8, 4) is 0 Å². The number of carbonyl (C=O) groups excluding carboxylic acids is 1. The fourth-order valence-electron chi connectivity index (χ4n) is 0.932. The quantitative estimate of drug-likeness (QED) is 0.476. The number of hydrogen-bond acceptors (Lipinski definition) is 2. The Balaban J connectivity index is 3.91. The van der Waals surface area contributed by atoms with Gasteiger partial charge < -0.3 is 11.5 Å². The number of rotatable bonds is 5. The van der Waals surface area contributed by atoms with Gasteiger partial charge in [-0.2, -0.15) is 0 Å². The Morgan fingerprint density at radius 2 is 1.83 bits per heavy atom. The molecule has 0 aromatic heterocycles. The SMILES string of the molecule is CC(CCCCN)=C(C)C(N)=O. The van der Waals surface area contributed by atoms with Gasteiger partial charge in [0.1, 0.15) is 0 Å². The maximum absolute atomic E-state index is 10.7. The van der Waals surface area contributed by atoms with Gasteiger partial charge in [-0.05, 0) is 39.7 Å². The zero-order valence-corrected chi connectivity index (χ0v) is 7.89. The van der Waals surface area contributed by atoms with Crippen LogP contribution in [0.4, 0.5) is 0 Å². The lowest BCUT2D eigenvalue weighted by Gasteiger charge is -2.03. The van der Waals surface area contributed by atoms with Gasteiger partial charge in [-0.25, -0.2) is 0 Å². The fourth-order valence-corrected chi connectivity index (χ4v) is 0.932. The first-order valence-corrected chi connectivity index (χ1v) is 4.25. The van der Waals surface area contributed by atoms with Crippen molar-refractivity contribution in [2.75, 3.05) is 6.54 Å². The molecule has 0 aliphatic heterocycles. The predicted octanol–water partition coefficient (Wildman–Crippen LogP) is 0.937. The van der Waals surface area contributed by atoms with Crippen LogP contribution >= 0.6 is 0 Å². The van der Waals surface area contributed by atoms with Crippen molar-refractivity contribution in [3.63, 3.8) is 0 Å². The van der Waals surface area contributed by atoms with Crippen LogP contribution in [-0.2, 0) is 4.79 Å². The molecule has 4 N–H and O–H groups in total. The molecule has 0 spiro atoms. The Morgan fingerprint density at radius 1 is 1.25 bits per heavy atom. The third-order valence-electron chi connectivity index (χ3n) is 2.02. The molecule has 70 valence electrons. The van der Waals surface area contributed by atoms with E-state index in [1.807, 2.05) is 6.92 Å². The van der Waals surface area contributed by atoms with Crippen molar-refractivity contribution in [2.24, 2.45) is 11.5 Å². The lowest BCUT2D eigenvalue weighted by atomic mass is 10.0. The van der Waals surface area contributed by atoms with Crippen LogP contribution in [0.2, 0.25) is 0 Å². The Kier molecular flexibility index (Phi) is 5.37. The molecule has 0 atom stereocenters. The largest absolute Gasteiger partial charge is 0.366 e. The molecule has 0 rings (SSSR count). The highest BCUT2D eigenvalue weighted by Gasteiger charge is 2.01. The summed E-state index contributed by atoms with van der Waals surface area (Å²) in [4.78, 5) is 10.7. The summed E-state index contributed by atoms with van der Waals surface area (Å²) in [5.41, 5.74) is 12.2. The molecule has 0 aromatic carbocycles. The maximum atomic E-state index is 10.7. The van der Waals surface area contributed by atoms with E-state index in [4.69, 9.17) is 11.5 Å². The van der Waals surface area contributed by atoms with E-state index >= 15 is 0 Å². The first-order chi connectivity index (χ1) is 5.59. The van der Waals surface area contributed by atoms with Gasteiger partial charge in [-0.3, -0.25) is 4.79 Å². The van der Waals surface area contributed by atoms with Gasteiger partial charge in [-0.15, -0.1) is 0 Å². The molecule has 0 heterocycles. The molecule has 0 radical (unpaired) electrons. The minimum atomic E-state index is -0.319. The van der Waals surface area contributed by atoms with Crippen LogP contribution in [0.3, 0.4) is 0 Å². The van der Waals surface area contributed by atoms with E-state index in [1.54, 1.807) is 6.92 Å². The van der Waals surface area contributed by atoms with Crippen LogP contribution in [0, 0.1) is 0 Å². The van der Waals surface area contributed by atoms with Crippen LogP contribution in [0.5, 0.6) is 0 Å². The normalized spacial score (nSPS) is 12.6. The number of hydrogen-bond donors (Lipinski definition) is 2. The molecule has 12 heavy (non-hydrogen) atoms.